The Kier molecular flexibility index (Phi) is 9.46. The summed E-state index contributed by atoms with van der Waals surface area (Å²) in [7, 11) is 2.46. The Balaban J connectivity index is 1.12. The van der Waals surface area contributed by atoms with Gasteiger partial charge in [-0.3, -0.25) is 0 Å². The molecule has 8 nitrogen and oxygen atoms in total. The van der Waals surface area contributed by atoms with E-state index >= 15 is 0 Å². The van der Waals surface area contributed by atoms with Gasteiger partial charge in [0.2, 0.25) is 0 Å². The van der Waals surface area contributed by atoms with Crippen LogP contribution in [-0.2, 0) is 20.0 Å². The van der Waals surface area contributed by atoms with E-state index < -0.39 is 15.9 Å². The summed E-state index contributed by atoms with van der Waals surface area (Å²) in [6.07, 6.45) is 6.14. The average molecular weight is 641 g/mol. The number of nitrogens with zero attached hydrogens (tertiary/aromatic N) is 3. The van der Waals surface area contributed by atoms with Gasteiger partial charge in [-0.15, -0.1) is 0 Å². The highest BCUT2D eigenvalue weighted by molar-refractivity contribution is 7.92. The molecule has 246 valence electrons. The first-order valence-electron chi connectivity index (χ1n) is 16.7. The van der Waals surface area contributed by atoms with Crippen LogP contribution in [0.4, 0.5) is 14.9 Å². The van der Waals surface area contributed by atoms with Crippen molar-refractivity contribution in [3.8, 4) is 0 Å². The summed E-state index contributed by atoms with van der Waals surface area (Å²) in [6.45, 7) is 5.80. The van der Waals surface area contributed by atoms with Gasteiger partial charge in [0.1, 0.15) is 5.82 Å². The van der Waals surface area contributed by atoms with Gasteiger partial charge in [0.25, 0.3) is 0 Å². The maximum absolute atomic E-state index is 14.8. The highest BCUT2D eigenvalue weighted by Crippen LogP contribution is 2.51. The molecule has 2 saturated carbocycles. The van der Waals surface area contributed by atoms with Crippen molar-refractivity contribution in [1.82, 2.24) is 15.1 Å². The molecule has 2 aliphatic heterocycles. The maximum atomic E-state index is 14.8. The Morgan fingerprint density at radius 1 is 1.02 bits per heavy atom. The Morgan fingerprint density at radius 3 is 2.36 bits per heavy atom. The van der Waals surface area contributed by atoms with Gasteiger partial charge in [-0.1, -0.05) is 18.6 Å². The van der Waals surface area contributed by atoms with Crippen LogP contribution < -0.4 is 10.2 Å². The molecule has 1 N–H and O–H groups in total. The third-order valence-electron chi connectivity index (χ3n) is 10.9. The molecule has 2 saturated heterocycles. The van der Waals surface area contributed by atoms with Crippen molar-refractivity contribution >= 4 is 21.6 Å². The normalized spacial score (nSPS) is 24.8. The summed E-state index contributed by atoms with van der Waals surface area (Å²) >= 11 is 0. The smallest absolute Gasteiger partial charge is 0.407 e. The van der Waals surface area contributed by atoms with Gasteiger partial charge in [0.15, 0.2) is 9.84 Å². The molecule has 0 unspecified atom stereocenters. The molecule has 2 heterocycles. The van der Waals surface area contributed by atoms with Crippen LogP contribution in [0.3, 0.4) is 0 Å². The summed E-state index contributed by atoms with van der Waals surface area (Å²) in [5.74, 6) is 0.904. The van der Waals surface area contributed by atoms with Gasteiger partial charge < -0.3 is 24.8 Å². The standard InChI is InChI=1S/C35H49FN4O4S/c1-38(2)24-35(27-6-4-7-28(36)20-27,32-8-5-9-33(32)37-34(41)44-3)26-16-18-39(19-17-26)21-25-22-40(23-25)29-10-12-30(13-11-29)45(42,43)31-14-15-31/h4,6-7,10-13,20,25-26,31-33H,5,8-9,14-19,21-24H2,1-3H3,(H,37,41)/t32-,33-,35-/m0/s1. The minimum absolute atomic E-state index is 0.0115. The van der Waals surface area contributed by atoms with Crippen molar-refractivity contribution < 1.29 is 22.3 Å². The first-order chi connectivity index (χ1) is 21.6. The zero-order valence-corrected chi connectivity index (χ0v) is 27.8. The van der Waals surface area contributed by atoms with E-state index in [1.165, 1.54) is 13.2 Å². The van der Waals surface area contributed by atoms with Gasteiger partial charge in [0, 0.05) is 49.2 Å². The monoisotopic (exact) mass is 640 g/mol. The van der Waals surface area contributed by atoms with E-state index in [0.29, 0.717) is 16.7 Å². The molecule has 0 radical (unpaired) electrons. The van der Waals surface area contributed by atoms with E-state index in [0.717, 1.165) is 95.5 Å². The lowest BCUT2D eigenvalue weighted by Gasteiger charge is -2.52. The van der Waals surface area contributed by atoms with Gasteiger partial charge in [-0.25, -0.2) is 17.6 Å². The molecule has 6 rings (SSSR count). The topological polar surface area (TPSA) is 82.2 Å². The molecule has 2 aromatic carbocycles. The molecule has 2 aliphatic carbocycles. The van der Waals surface area contributed by atoms with Crippen LogP contribution in [0.5, 0.6) is 0 Å². The quantitative estimate of drug-likeness (QED) is 0.373. The fourth-order valence-corrected chi connectivity index (χ4v) is 10.3. The van der Waals surface area contributed by atoms with E-state index in [9.17, 15) is 17.6 Å². The number of rotatable bonds is 11. The number of alkyl carbamates (subject to hydrolysis) is 1. The van der Waals surface area contributed by atoms with Crippen molar-refractivity contribution in [2.75, 3.05) is 65.4 Å². The fourth-order valence-electron chi connectivity index (χ4n) is 8.66. The SMILES string of the molecule is COC(=O)N[C@H]1CCC[C@@H]1[C@](CN(C)C)(c1cccc(F)c1)C1CCN(CC2CN(c3ccc(S(=O)(=O)C4CC4)cc3)C2)CC1. The number of halogens is 1. The molecule has 1 amide bonds. The highest BCUT2D eigenvalue weighted by Gasteiger charge is 2.52. The van der Waals surface area contributed by atoms with E-state index in [2.05, 4.69) is 40.2 Å². The second kappa shape index (κ2) is 13.2. The van der Waals surface area contributed by atoms with Crippen LogP contribution in [0.25, 0.3) is 0 Å². The molecule has 4 fully saturated rings. The molecule has 2 aromatic rings. The number of amides is 1. The summed E-state index contributed by atoms with van der Waals surface area (Å²) in [5, 5.41) is 2.97. The Morgan fingerprint density at radius 2 is 1.73 bits per heavy atom. The number of hydrogen-bond donors (Lipinski definition) is 1. The van der Waals surface area contributed by atoms with E-state index in [-0.39, 0.29) is 28.4 Å². The first-order valence-corrected chi connectivity index (χ1v) is 18.2. The van der Waals surface area contributed by atoms with E-state index in [1.807, 2.05) is 18.2 Å². The number of nitrogens with one attached hydrogen (secondary N) is 1. The summed E-state index contributed by atoms with van der Waals surface area (Å²) in [4.78, 5) is 20.0. The molecule has 0 bridgehead atoms. The van der Waals surface area contributed by atoms with E-state index in [1.54, 1.807) is 18.2 Å². The molecule has 3 atom stereocenters. The zero-order valence-electron chi connectivity index (χ0n) is 27.0. The van der Waals surface area contributed by atoms with Gasteiger partial charge in [-0.2, -0.15) is 0 Å². The predicted octanol–water partition coefficient (Wildman–Crippen LogP) is 4.93. The number of ether oxygens (including phenoxy) is 1. The number of likely N-dealkylation sites (N-methyl/N-ethyl adjacent to an activating group) is 1. The summed E-state index contributed by atoms with van der Waals surface area (Å²) in [5.41, 5.74) is 1.84. The Bertz CT molecular complexity index is 1440. The summed E-state index contributed by atoms with van der Waals surface area (Å²) in [6, 6.07) is 14.6. The molecule has 4 aliphatic rings. The fraction of sp³-hybridized carbons (Fsp3) is 0.629. The molecule has 0 aromatic heterocycles. The van der Waals surface area contributed by atoms with Crippen molar-refractivity contribution in [3.63, 3.8) is 0 Å². The third-order valence-corrected chi connectivity index (χ3v) is 13.2. The Hall–Kier alpha value is -2.69. The van der Waals surface area contributed by atoms with Gasteiger partial charge in [-0.05, 0) is 120 Å². The lowest BCUT2D eigenvalue weighted by molar-refractivity contribution is 0.0488. The van der Waals surface area contributed by atoms with Crippen LogP contribution in [0.15, 0.2) is 53.4 Å². The van der Waals surface area contributed by atoms with Crippen molar-refractivity contribution in [3.05, 3.63) is 59.9 Å². The number of hydrogen-bond acceptors (Lipinski definition) is 7. The van der Waals surface area contributed by atoms with Crippen molar-refractivity contribution in [2.24, 2.45) is 17.8 Å². The number of anilines is 1. The summed E-state index contributed by atoms with van der Waals surface area (Å²) < 4.78 is 44.9. The number of sulfone groups is 1. The third kappa shape index (κ3) is 6.74. The highest BCUT2D eigenvalue weighted by atomic mass is 32.2. The maximum Gasteiger partial charge on any atom is 0.407 e. The van der Waals surface area contributed by atoms with Crippen molar-refractivity contribution in [1.29, 1.82) is 0 Å². The number of carbonyl (C=O) groups excluding carboxylic acids is 1. The first kappa shape index (κ1) is 32.3. The molecular formula is C35H49FN4O4S. The number of methoxy groups -OCH3 is 1. The van der Waals surface area contributed by atoms with Crippen LogP contribution in [-0.4, -0.2) is 96.1 Å². The second-order valence-corrected chi connectivity index (χ2v) is 16.4. The van der Waals surface area contributed by atoms with Crippen LogP contribution in [0.1, 0.15) is 50.5 Å². The molecule has 10 heteroatoms. The molecule has 0 spiro atoms. The molecule has 45 heavy (non-hydrogen) atoms. The van der Waals surface area contributed by atoms with Crippen LogP contribution in [0.2, 0.25) is 0 Å². The van der Waals surface area contributed by atoms with Crippen molar-refractivity contribution in [2.45, 2.75) is 66.5 Å². The largest absolute Gasteiger partial charge is 0.453 e. The second-order valence-electron chi connectivity index (χ2n) is 14.2. The number of carbonyl (C=O) groups is 1. The van der Waals surface area contributed by atoms with Crippen LogP contribution >= 0.6 is 0 Å². The molecular weight excluding hydrogens is 591 g/mol. The number of benzene rings is 2. The predicted molar refractivity (Wildman–Crippen MR) is 175 cm³/mol. The Labute approximate surface area is 268 Å². The van der Waals surface area contributed by atoms with Gasteiger partial charge >= 0.3 is 6.09 Å². The van der Waals surface area contributed by atoms with Crippen LogP contribution in [0, 0.1) is 23.6 Å². The number of piperidine rings is 1. The lowest BCUT2D eigenvalue weighted by Crippen LogP contribution is -2.58. The minimum atomic E-state index is -3.15. The van der Waals surface area contributed by atoms with E-state index in [4.69, 9.17) is 4.74 Å². The van der Waals surface area contributed by atoms with Gasteiger partial charge in [0.05, 0.1) is 17.3 Å². The average Bonchev–Trinajstić information content (AvgIpc) is 3.78. The minimum Gasteiger partial charge on any atom is -0.453 e. The number of likely N-dealkylation sites (tertiary alicyclic amines) is 1. The zero-order chi connectivity index (χ0) is 31.8. The lowest BCUT2D eigenvalue weighted by atomic mass is 9.58.